The van der Waals surface area contributed by atoms with Gasteiger partial charge in [0.25, 0.3) is 0 Å². The third-order valence-corrected chi connectivity index (χ3v) is 2.79. The van der Waals surface area contributed by atoms with Crippen LogP contribution in [0, 0.1) is 6.92 Å². The summed E-state index contributed by atoms with van der Waals surface area (Å²) in [7, 11) is 5.16. The first-order valence-electron chi connectivity index (χ1n) is 5.83. The summed E-state index contributed by atoms with van der Waals surface area (Å²) in [5.41, 5.74) is 2.19. The second-order valence-electron chi connectivity index (χ2n) is 3.95. The minimum atomic E-state index is 0.268. The summed E-state index contributed by atoms with van der Waals surface area (Å²) in [6.45, 7) is 2.60. The lowest BCUT2D eigenvalue weighted by Crippen LogP contribution is -2.08. The van der Waals surface area contributed by atoms with Crippen LogP contribution in [-0.4, -0.2) is 38.9 Å². The Hall–Kier alpha value is -2.38. The molecule has 8 heteroatoms. The predicted molar refractivity (Wildman–Crippen MR) is 71.2 cm³/mol. The molecule has 0 bridgehead atoms. The van der Waals surface area contributed by atoms with Gasteiger partial charge < -0.3 is 15.4 Å². The van der Waals surface area contributed by atoms with Gasteiger partial charge in [-0.25, -0.2) is 0 Å². The molecule has 0 aliphatic heterocycles. The van der Waals surface area contributed by atoms with E-state index in [2.05, 4.69) is 30.7 Å². The summed E-state index contributed by atoms with van der Waals surface area (Å²) < 4.78 is 6.84. The molecule has 19 heavy (non-hydrogen) atoms. The summed E-state index contributed by atoms with van der Waals surface area (Å²) in [6.07, 6.45) is 1.82. The Morgan fingerprint density at radius 3 is 2.58 bits per heavy atom. The maximum Gasteiger partial charge on any atom is 0.322 e. The van der Waals surface area contributed by atoms with Gasteiger partial charge in [-0.2, -0.15) is 20.1 Å². The molecule has 0 spiro atoms. The van der Waals surface area contributed by atoms with Crippen LogP contribution < -0.4 is 15.4 Å². The first-order chi connectivity index (χ1) is 9.13. The van der Waals surface area contributed by atoms with Crippen molar-refractivity contribution in [2.75, 3.05) is 24.8 Å². The number of aromatic nitrogens is 5. The molecule has 102 valence electrons. The zero-order valence-corrected chi connectivity index (χ0v) is 11.4. The number of nitrogens with one attached hydrogen (secondary N) is 2. The van der Waals surface area contributed by atoms with E-state index in [1.165, 1.54) is 7.11 Å². The van der Waals surface area contributed by atoms with E-state index in [0.29, 0.717) is 18.4 Å². The minimum Gasteiger partial charge on any atom is -0.467 e. The Kier molecular flexibility index (Phi) is 3.79. The normalized spacial score (nSPS) is 10.3. The number of methoxy groups -OCH3 is 1. The molecule has 0 aliphatic carbocycles. The van der Waals surface area contributed by atoms with Crippen LogP contribution in [0.25, 0.3) is 0 Å². The van der Waals surface area contributed by atoms with Crippen molar-refractivity contribution in [3.63, 3.8) is 0 Å². The van der Waals surface area contributed by atoms with E-state index in [1.54, 1.807) is 7.05 Å². The van der Waals surface area contributed by atoms with Crippen LogP contribution in [0.3, 0.4) is 0 Å². The fraction of sp³-hybridized carbons (Fsp3) is 0.455. The van der Waals surface area contributed by atoms with Crippen molar-refractivity contribution in [1.29, 1.82) is 0 Å². The third kappa shape index (κ3) is 2.90. The highest BCUT2D eigenvalue weighted by atomic mass is 16.5. The summed E-state index contributed by atoms with van der Waals surface area (Å²) in [5, 5.41) is 10.2. The van der Waals surface area contributed by atoms with E-state index < -0.39 is 0 Å². The summed E-state index contributed by atoms with van der Waals surface area (Å²) in [6, 6.07) is 0.268. The lowest BCUT2D eigenvalue weighted by atomic mass is 10.2. The Bertz CT molecular complexity index is 544. The number of ether oxygens (including phenoxy) is 1. The van der Waals surface area contributed by atoms with Gasteiger partial charge in [-0.1, -0.05) is 0 Å². The van der Waals surface area contributed by atoms with Crippen molar-refractivity contribution in [3.8, 4) is 6.01 Å². The number of anilines is 2. The number of aryl methyl sites for hydroxylation is 1. The maximum atomic E-state index is 5.02. The van der Waals surface area contributed by atoms with E-state index in [9.17, 15) is 0 Å². The largest absolute Gasteiger partial charge is 0.467 e. The Morgan fingerprint density at radius 2 is 2.00 bits per heavy atom. The van der Waals surface area contributed by atoms with Crippen LogP contribution in [0.2, 0.25) is 0 Å². The second-order valence-corrected chi connectivity index (χ2v) is 3.95. The average Bonchev–Trinajstić information content (AvgIpc) is 2.76. The third-order valence-electron chi connectivity index (χ3n) is 2.79. The van der Waals surface area contributed by atoms with Crippen molar-refractivity contribution < 1.29 is 4.74 Å². The van der Waals surface area contributed by atoms with Crippen LogP contribution in [0.1, 0.15) is 11.3 Å². The molecule has 0 fully saturated rings. The van der Waals surface area contributed by atoms with Gasteiger partial charge >= 0.3 is 6.01 Å². The molecule has 0 radical (unpaired) electrons. The SMILES string of the molecule is CNc1nc(NCc2cnn(C)c2C)nc(OC)n1. The highest BCUT2D eigenvalue weighted by molar-refractivity contribution is 5.36. The van der Waals surface area contributed by atoms with Crippen LogP contribution in [0.5, 0.6) is 6.01 Å². The zero-order valence-electron chi connectivity index (χ0n) is 11.4. The van der Waals surface area contributed by atoms with E-state index in [1.807, 2.05) is 24.9 Å². The summed E-state index contributed by atoms with van der Waals surface area (Å²) in [5.74, 6) is 0.914. The number of nitrogens with zero attached hydrogens (tertiary/aromatic N) is 5. The molecule has 0 aromatic carbocycles. The van der Waals surface area contributed by atoms with Crippen LogP contribution >= 0.6 is 0 Å². The molecule has 2 heterocycles. The molecular weight excluding hydrogens is 246 g/mol. The van der Waals surface area contributed by atoms with Crippen molar-refractivity contribution >= 4 is 11.9 Å². The number of hydrogen-bond donors (Lipinski definition) is 2. The molecule has 0 unspecified atom stereocenters. The van der Waals surface area contributed by atoms with Gasteiger partial charge in [-0.15, -0.1) is 0 Å². The van der Waals surface area contributed by atoms with Gasteiger partial charge in [-0.3, -0.25) is 4.68 Å². The monoisotopic (exact) mass is 263 g/mol. The van der Waals surface area contributed by atoms with E-state index in [0.717, 1.165) is 11.3 Å². The number of hydrogen-bond acceptors (Lipinski definition) is 7. The topological polar surface area (TPSA) is 89.8 Å². The molecule has 0 atom stereocenters. The number of rotatable bonds is 5. The van der Waals surface area contributed by atoms with Crippen LogP contribution in [0.15, 0.2) is 6.20 Å². The zero-order chi connectivity index (χ0) is 13.8. The summed E-state index contributed by atoms with van der Waals surface area (Å²) in [4.78, 5) is 12.4. The highest BCUT2D eigenvalue weighted by Gasteiger charge is 2.07. The molecule has 0 saturated heterocycles. The Labute approximate surface area is 111 Å². The molecule has 8 nitrogen and oxygen atoms in total. The quantitative estimate of drug-likeness (QED) is 0.815. The van der Waals surface area contributed by atoms with Crippen LogP contribution in [0.4, 0.5) is 11.9 Å². The van der Waals surface area contributed by atoms with E-state index in [-0.39, 0.29) is 6.01 Å². The molecule has 2 N–H and O–H groups in total. The molecule has 2 rings (SSSR count). The molecule has 0 aliphatic rings. The lowest BCUT2D eigenvalue weighted by molar-refractivity contribution is 0.379. The fourth-order valence-electron chi connectivity index (χ4n) is 1.53. The van der Waals surface area contributed by atoms with Gasteiger partial charge in [-0.05, 0) is 6.92 Å². The smallest absolute Gasteiger partial charge is 0.322 e. The average molecular weight is 263 g/mol. The minimum absolute atomic E-state index is 0.268. The molecule has 0 saturated carbocycles. The van der Waals surface area contributed by atoms with Crippen LogP contribution in [-0.2, 0) is 13.6 Å². The van der Waals surface area contributed by atoms with Gasteiger partial charge in [0.1, 0.15) is 0 Å². The van der Waals surface area contributed by atoms with Crippen molar-refractivity contribution in [2.45, 2.75) is 13.5 Å². The van der Waals surface area contributed by atoms with Gasteiger partial charge in [0.05, 0.1) is 13.3 Å². The Morgan fingerprint density at radius 1 is 1.26 bits per heavy atom. The predicted octanol–water partition coefficient (Wildman–Crippen LogP) is 0.576. The molecule has 0 amide bonds. The second kappa shape index (κ2) is 5.51. The Balaban J connectivity index is 2.12. The van der Waals surface area contributed by atoms with Gasteiger partial charge in [0, 0.05) is 31.9 Å². The van der Waals surface area contributed by atoms with E-state index >= 15 is 0 Å². The lowest BCUT2D eigenvalue weighted by Gasteiger charge is -2.07. The summed E-state index contributed by atoms with van der Waals surface area (Å²) >= 11 is 0. The van der Waals surface area contributed by atoms with Crippen molar-refractivity contribution in [3.05, 3.63) is 17.5 Å². The van der Waals surface area contributed by atoms with Crippen molar-refractivity contribution in [1.82, 2.24) is 24.7 Å². The van der Waals surface area contributed by atoms with E-state index in [4.69, 9.17) is 4.74 Å². The standard InChI is InChI=1S/C11H17N7O/c1-7-8(6-14-18(7)3)5-13-10-15-9(12-2)16-11(17-10)19-4/h6H,5H2,1-4H3,(H2,12,13,15,16,17). The molecular formula is C11H17N7O. The first kappa shape index (κ1) is 13.1. The fourth-order valence-corrected chi connectivity index (χ4v) is 1.53. The van der Waals surface area contributed by atoms with Crippen molar-refractivity contribution in [2.24, 2.45) is 7.05 Å². The highest BCUT2D eigenvalue weighted by Crippen LogP contribution is 2.12. The molecule has 2 aromatic heterocycles. The maximum absolute atomic E-state index is 5.02. The first-order valence-corrected chi connectivity index (χ1v) is 5.83. The van der Waals surface area contributed by atoms with Gasteiger partial charge in [0.15, 0.2) is 0 Å². The van der Waals surface area contributed by atoms with Gasteiger partial charge in [0.2, 0.25) is 11.9 Å². The molecule has 2 aromatic rings.